The maximum absolute atomic E-state index is 2.70. The predicted octanol–water partition coefficient (Wildman–Crippen LogP) is 7.72. The largest absolute Gasteiger partial charge is 0.0776 e. The predicted molar refractivity (Wildman–Crippen MR) is 104 cm³/mol. The molecule has 23 heavy (non-hydrogen) atoms. The van der Waals surface area contributed by atoms with Crippen LogP contribution in [0.2, 0.25) is 0 Å². The van der Waals surface area contributed by atoms with E-state index in [1.165, 1.54) is 44.9 Å². The van der Waals surface area contributed by atoms with Gasteiger partial charge >= 0.3 is 0 Å². The molecule has 0 nitrogen and oxygen atoms in total. The molecule has 0 N–H and O–H groups in total. The van der Waals surface area contributed by atoms with Gasteiger partial charge in [-0.3, -0.25) is 0 Å². The first-order valence-corrected chi connectivity index (χ1v) is 10.5. The number of hydrogen-bond acceptors (Lipinski definition) is 0. The van der Waals surface area contributed by atoms with Crippen molar-refractivity contribution in [1.82, 2.24) is 0 Å². The lowest BCUT2D eigenvalue weighted by atomic mass is 9.43. The third-order valence-corrected chi connectivity index (χ3v) is 9.20. The maximum Gasteiger partial charge on any atom is -0.0266 e. The van der Waals surface area contributed by atoms with E-state index < -0.39 is 0 Å². The van der Waals surface area contributed by atoms with Crippen LogP contribution in [0.1, 0.15) is 106 Å². The van der Waals surface area contributed by atoms with Crippen molar-refractivity contribution in [3.63, 3.8) is 0 Å². The summed E-state index contributed by atoms with van der Waals surface area (Å²) >= 11 is 0. The molecule has 3 aliphatic rings. The molecule has 7 atom stereocenters. The highest BCUT2D eigenvalue weighted by atomic mass is 14.6. The van der Waals surface area contributed by atoms with Gasteiger partial charge in [-0.25, -0.2) is 0 Å². The molecule has 0 spiro atoms. The van der Waals surface area contributed by atoms with Gasteiger partial charge in [-0.2, -0.15) is 0 Å². The maximum atomic E-state index is 2.70. The molecule has 3 fully saturated rings. The van der Waals surface area contributed by atoms with Crippen LogP contribution < -0.4 is 0 Å². The fourth-order valence-electron chi connectivity index (χ4n) is 7.49. The molecule has 0 aromatic rings. The summed E-state index contributed by atoms with van der Waals surface area (Å²) < 4.78 is 0. The highest BCUT2D eigenvalue weighted by Crippen LogP contribution is 2.64. The van der Waals surface area contributed by atoms with Gasteiger partial charge in [-0.15, -0.1) is 0 Å². The summed E-state index contributed by atoms with van der Waals surface area (Å²) in [7, 11) is 0. The van der Waals surface area contributed by atoms with Crippen LogP contribution in [0.3, 0.4) is 0 Å². The van der Waals surface area contributed by atoms with Gasteiger partial charge in [0.1, 0.15) is 0 Å². The molecule has 136 valence electrons. The van der Waals surface area contributed by atoms with E-state index in [9.17, 15) is 0 Å². The lowest BCUT2D eigenvalue weighted by molar-refractivity contribution is -0.126. The first-order valence-electron chi connectivity index (χ1n) is 10.5. The molecule has 0 heteroatoms. The molecule has 3 rings (SSSR count). The smallest absolute Gasteiger partial charge is 0.0266 e. The van der Waals surface area contributed by atoms with Crippen LogP contribution in [-0.4, -0.2) is 0 Å². The SMILES string of the molecule is C.CCC(C)C1(C)CCC2C(CCC3CCCCC32C)C1CC. The van der Waals surface area contributed by atoms with E-state index in [-0.39, 0.29) is 7.43 Å². The highest BCUT2D eigenvalue weighted by Gasteiger charge is 2.56. The van der Waals surface area contributed by atoms with E-state index in [4.69, 9.17) is 0 Å². The van der Waals surface area contributed by atoms with Crippen molar-refractivity contribution >= 4 is 0 Å². The van der Waals surface area contributed by atoms with Gasteiger partial charge in [0.2, 0.25) is 0 Å². The summed E-state index contributed by atoms with van der Waals surface area (Å²) in [5.74, 6) is 5.04. The minimum atomic E-state index is 0. The normalized spacial score (nSPS) is 47.9. The van der Waals surface area contributed by atoms with E-state index in [1.54, 1.807) is 19.3 Å². The molecular formula is C23H44. The molecule has 0 heterocycles. The number of fused-ring (bicyclic) bond motifs is 3. The Kier molecular flexibility index (Phi) is 5.95. The van der Waals surface area contributed by atoms with Gasteiger partial charge < -0.3 is 0 Å². The minimum Gasteiger partial charge on any atom is -0.0776 e. The Balaban J connectivity index is 0.00000192. The third-order valence-electron chi connectivity index (χ3n) is 9.20. The monoisotopic (exact) mass is 320 g/mol. The summed E-state index contributed by atoms with van der Waals surface area (Å²) in [6.07, 6.45) is 15.0. The van der Waals surface area contributed by atoms with Crippen molar-refractivity contribution in [3.05, 3.63) is 0 Å². The molecular weight excluding hydrogens is 276 g/mol. The Morgan fingerprint density at radius 3 is 2.35 bits per heavy atom. The van der Waals surface area contributed by atoms with Crippen molar-refractivity contribution in [2.45, 2.75) is 106 Å². The molecule has 0 amide bonds. The summed E-state index contributed by atoms with van der Waals surface area (Å²) in [6, 6.07) is 0. The average Bonchev–Trinajstić information content (AvgIpc) is 2.53. The third kappa shape index (κ3) is 2.91. The molecule has 0 bridgehead atoms. The Labute approximate surface area is 147 Å². The van der Waals surface area contributed by atoms with Crippen molar-refractivity contribution in [2.24, 2.45) is 40.4 Å². The molecule has 3 aliphatic carbocycles. The van der Waals surface area contributed by atoms with Crippen LogP contribution in [0.25, 0.3) is 0 Å². The van der Waals surface area contributed by atoms with Crippen LogP contribution in [0, 0.1) is 40.4 Å². The summed E-state index contributed by atoms with van der Waals surface area (Å²) in [4.78, 5) is 0. The molecule has 0 radical (unpaired) electrons. The summed E-state index contributed by atoms with van der Waals surface area (Å²) in [5.41, 5.74) is 1.31. The second-order valence-electron chi connectivity index (χ2n) is 9.66. The zero-order valence-corrected chi connectivity index (χ0v) is 16.0. The van der Waals surface area contributed by atoms with Crippen LogP contribution in [0.4, 0.5) is 0 Å². The molecule has 0 aliphatic heterocycles. The van der Waals surface area contributed by atoms with Crippen molar-refractivity contribution in [2.75, 3.05) is 0 Å². The van der Waals surface area contributed by atoms with Crippen LogP contribution in [0.5, 0.6) is 0 Å². The summed E-state index contributed by atoms with van der Waals surface area (Å²) in [6.45, 7) is 12.8. The van der Waals surface area contributed by atoms with Gasteiger partial charge in [0.05, 0.1) is 0 Å². The Bertz CT molecular complexity index is 379. The van der Waals surface area contributed by atoms with Gasteiger partial charge in [0.25, 0.3) is 0 Å². The fourth-order valence-corrected chi connectivity index (χ4v) is 7.49. The standard InChI is InChI=1S/C22H40.CH4/c1-6-16(3)21(4)15-13-20-18(19(21)7-2)12-11-17-10-8-9-14-22(17,20)5;/h16-20H,6-15H2,1-5H3;1H4. The van der Waals surface area contributed by atoms with Gasteiger partial charge in [-0.1, -0.05) is 67.7 Å². The topological polar surface area (TPSA) is 0 Å². The fraction of sp³-hybridized carbons (Fsp3) is 1.00. The lowest BCUT2D eigenvalue weighted by Gasteiger charge is -2.62. The molecule has 0 aromatic heterocycles. The minimum absolute atomic E-state index is 0. The molecule has 0 saturated heterocycles. The van der Waals surface area contributed by atoms with Gasteiger partial charge in [0.15, 0.2) is 0 Å². The highest BCUT2D eigenvalue weighted by molar-refractivity contribution is 5.05. The van der Waals surface area contributed by atoms with Crippen molar-refractivity contribution in [1.29, 1.82) is 0 Å². The summed E-state index contributed by atoms with van der Waals surface area (Å²) in [5, 5.41) is 0. The second kappa shape index (κ2) is 7.09. The van der Waals surface area contributed by atoms with Crippen LogP contribution in [-0.2, 0) is 0 Å². The number of rotatable bonds is 3. The van der Waals surface area contributed by atoms with E-state index in [0.717, 1.165) is 29.6 Å². The van der Waals surface area contributed by atoms with E-state index in [1.807, 2.05) is 0 Å². The van der Waals surface area contributed by atoms with Gasteiger partial charge in [0, 0.05) is 0 Å². The first-order chi connectivity index (χ1) is 10.5. The van der Waals surface area contributed by atoms with E-state index >= 15 is 0 Å². The van der Waals surface area contributed by atoms with Crippen LogP contribution >= 0.6 is 0 Å². The lowest BCUT2D eigenvalue weighted by Crippen LogP contribution is -2.54. The Hall–Kier alpha value is 0. The molecule has 3 saturated carbocycles. The Morgan fingerprint density at radius 1 is 0.957 bits per heavy atom. The molecule has 0 aromatic carbocycles. The van der Waals surface area contributed by atoms with E-state index in [0.29, 0.717) is 10.8 Å². The first kappa shape index (κ1) is 19.3. The zero-order chi connectivity index (χ0) is 16.0. The van der Waals surface area contributed by atoms with Crippen LogP contribution in [0.15, 0.2) is 0 Å². The zero-order valence-electron chi connectivity index (χ0n) is 16.0. The number of hydrogen-bond donors (Lipinski definition) is 0. The molecule has 7 unspecified atom stereocenters. The second-order valence-corrected chi connectivity index (χ2v) is 9.66. The van der Waals surface area contributed by atoms with Crippen molar-refractivity contribution in [3.8, 4) is 0 Å². The van der Waals surface area contributed by atoms with Gasteiger partial charge in [-0.05, 0) is 78.9 Å². The quantitative estimate of drug-likeness (QED) is 0.499. The Morgan fingerprint density at radius 2 is 1.70 bits per heavy atom. The van der Waals surface area contributed by atoms with Crippen molar-refractivity contribution < 1.29 is 0 Å². The average molecular weight is 321 g/mol. The van der Waals surface area contributed by atoms with E-state index in [2.05, 4.69) is 34.6 Å².